The minimum Gasteiger partial charge on any atom is -0.447 e. The Morgan fingerprint density at radius 3 is 2.65 bits per heavy atom. The normalized spacial score (nSPS) is 23.6. The van der Waals surface area contributed by atoms with Crippen molar-refractivity contribution in [3.8, 4) is 0 Å². The van der Waals surface area contributed by atoms with Crippen LogP contribution in [0.2, 0.25) is 0 Å². The lowest BCUT2D eigenvalue weighted by molar-refractivity contribution is 0.181. The van der Waals surface area contributed by atoms with E-state index in [0.29, 0.717) is 29.9 Å². The third kappa shape index (κ3) is 1.78. The van der Waals surface area contributed by atoms with E-state index in [1.807, 2.05) is 11.8 Å². The van der Waals surface area contributed by atoms with Crippen LogP contribution in [0.5, 0.6) is 0 Å². The summed E-state index contributed by atoms with van der Waals surface area (Å²) in [5.74, 6) is 2.13. The third-order valence-corrected chi connectivity index (χ3v) is 5.85. The highest BCUT2D eigenvalue weighted by Crippen LogP contribution is 2.47. The van der Waals surface area contributed by atoms with Crippen molar-refractivity contribution in [1.82, 2.24) is 0 Å². The zero-order valence-corrected chi connectivity index (χ0v) is 11.8. The Hall–Kier alpha value is -1.43. The summed E-state index contributed by atoms with van der Waals surface area (Å²) in [5, 5.41) is 0. The van der Waals surface area contributed by atoms with Gasteiger partial charge >= 0.3 is 6.09 Å². The highest BCUT2D eigenvalue weighted by molar-refractivity contribution is 8.00. The molecule has 106 valence electrons. The molecule has 3 saturated heterocycles. The first kappa shape index (κ1) is 12.3. The molecule has 0 atom stereocenters. The van der Waals surface area contributed by atoms with Crippen LogP contribution in [0, 0.1) is 11.2 Å². The van der Waals surface area contributed by atoms with Crippen LogP contribution in [0.15, 0.2) is 18.2 Å². The van der Waals surface area contributed by atoms with Gasteiger partial charge < -0.3 is 9.64 Å². The molecule has 3 aliphatic heterocycles. The second-order valence-corrected chi connectivity index (χ2v) is 6.74. The van der Waals surface area contributed by atoms with Gasteiger partial charge in [0.25, 0.3) is 0 Å². The molecule has 4 rings (SSSR count). The van der Waals surface area contributed by atoms with Crippen LogP contribution in [0.25, 0.3) is 0 Å². The summed E-state index contributed by atoms with van der Waals surface area (Å²) in [6.45, 7) is 2.75. The summed E-state index contributed by atoms with van der Waals surface area (Å²) in [6, 6.07) is 5.00. The Morgan fingerprint density at radius 2 is 2.10 bits per heavy atom. The van der Waals surface area contributed by atoms with Gasteiger partial charge in [-0.05, 0) is 18.2 Å². The van der Waals surface area contributed by atoms with E-state index in [9.17, 15) is 9.18 Å². The first-order chi connectivity index (χ1) is 9.67. The average Bonchev–Trinajstić information content (AvgIpc) is 2.73. The molecule has 1 aromatic carbocycles. The molecule has 3 heterocycles. The van der Waals surface area contributed by atoms with E-state index in [2.05, 4.69) is 4.90 Å². The van der Waals surface area contributed by atoms with Gasteiger partial charge in [-0.1, -0.05) is 0 Å². The molecule has 6 heteroatoms. The highest BCUT2D eigenvalue weighted by atomic mass is 32.2. The zero-order chi connectivity index (χ0) is 13.7. The van der Waals surface area contributed by atoms with Crippen molar-refractivity contribution in [2.75, 3.05) is 47.5 Å². The van der Waals surface area contributed by atoms with Crippen molar-refractivity contribution in [3.05, 3.63) is 24.0 Å². The standard InChI is InChI=1S/C14H15FN2O2S/c15-11-5-10(17-3-4-19-13(17)18)1-2-12(11)16-6-14(7-16)8-20-9-14/h1-2,5H,3-4,6-9H2. The SMILES string of the molecule is O=C1OCCN1c1ccc(N2CC3(CSC3)C2)c(F)c1. The Kier molecular flexibility index (Phi) is 2.64. The molecular formula is C14H15FN2O2S. The molecule has 3 aliphatic rings. The van der Waals surface area contributed by atoms with Gasteiger partial charge in [0.15, 0.2) is 0 Å². The van der Waals surface area contributed by atoms with Gasteiger partial charge in [0.05, 0.1) is 17.9 Å². The van der Waals surface area contributed by atoms with Gasteiger partial charge in [0, 0.05) is 30.0 Å². The van der Waals surface area contributed by atoms with Crippen LogP contribution in [-0.4, -0.2) is 43.8 Å². The van der Waals surface area contributed by atoms with Gasteiger partial charge in [0.2, 0.25) is 0 Å². The number of thioether (sulfide) groups is 1. The van der Waals surface area contributed by atoms with Crippen molar-refractivity contribution in [3.63, 3.8) is 0 Å². The Bertz CT molecular complexity index is 568. The van der Waals surface area contributed by atoms with Crippen LogP contribution in [0.1, 0.15) is 0 Å². The fourth-order valence-electron chi connectivity index (χ4n) is 3.06. The number of amides is 1. The summed E-state index contributed by atoms with van der Waals surface area (Å²) in [7, 11) is 0. The molecule has 0 bridgehead atoms. The van der Waals surface area contributed by atoms with Crippen molar-refractivity contribution < 1.29 is 13.9 Å². The number of benzene rings is 1. The minimum absolute atomic E-state index is 0.260. The number of hydrogen-bond donors (Lipinski definition) is 0. The van der Waals surface area contributed by atoms with E-state index in [1.165, 1.54) is 22.5 Å². The maximum absolute atomic E-state index is 14.3. The quantitative estimate of drug-likeness (QED) is 0.838. The lowest BCUT2D eigenvalue weighted by Gasteiger charge is -2.56. The maximum atomic E-state index is 14.3. The van der Waals surface area contributed by atoms with E-state index in [0.717, 1.165) is 13.1 Å². The van der Waals surface area contributed by atoms with Gasteiger partial charge in [-0.3, -0.25) is 4.90 Å². The summed E-state index contributed by atoms with van der Waals surface area (Å²) < 4.78 is 19.1. The number of cyclic esters (lactones) is 1. The molecular weight excluding hydrogens is 279 g/mol. The minimum atomic E-state index is -0.397. The highest BCUT2D eigenvalue weighted by Gasteiger charge is 2.48. The zero-order valence-electron chi connectivity index (χ0n) is 11.0. The van der Waals surface area contributed by atoms with E-state index in [-0.39, 0.29) is 5.82 Å². The van der Waals surface area contributed by atoms with Crippen LogP contribution in [-0.2, 0) is 4.74 Å². The van der Waals surface area contributed by atoms with Gasteiger partial charge in [-0.25, -0.2) is 9.18 Å². The molecule has 0 aliphatic carbocycles. The van der Waals surface area contributed by atoms with E-state index in [4.69, 9.17) is 4.74 Å². The van der Waals surface area contributed by atoms with Crippen LogP contribution < -0.4 is 9.80 Å². The monoisotopic (exact) mass is 294 g/mol. The number of anilines is 2. The number of nitrogens with zero attached hydrogens (tertiary/aromatic N) is 2. The van der Waals surface area contributed by atoms with Crippen molar-refractivity contribution in [2.45, 2.75) is 0 Å². The molecule has 0 radical (unpaired) electrons. The second kappa shape index (κ2) is 4.28. The molecule has 20 heavy (non-hydrogen) atoms. The average molecular weight is 294 g/mol. The predicted molar refractivity (Wildman–Crippen MR) is 77.1 cm³/mol. The lowest BCUT2D eigenvalue weighted by Crippen LogP contribution is -2.63. The molecule has 1 spiro atoms. The molecule has 0 N–H and O–H groups in total. The van der Waals surface area contributed by atoms with Crippen molar-refractivity contribution in [1.29, 1.82) is 0 Å². The summed E-state index contributed by atoms with van der Waals surface area (Å²) >= 11 is 1.96. The van der Waals surface area contributed by atoms with E-state index in [1.54, 1.807) is 12.1 Å². The Balaban J connectivity index is 1.53. The number of hydrogen-bond acceptors (Lipinski definition) is 4. The molecule has 0 saturated carbocycles. The van der Waals surface area contributed by atoms with Gasteiger partial charge in [0.1, 0.15) is 12.4 Å². The summed E-state index contributed by atoms with van der Waals surface area (Å²) in [6.07, 6.45) is -0.397. The Labute approximate surface area is 120 Å². The lowest BCUT2D eigenvalue weighted by atomic mass is 9.82. The van der Waals surface area contributed by atoms with Gasteiger partial charge in [-0.15, -0.1) is 0 Å². The molecule has 3 fully saturated rings. The fraction of sp³-hybridized carbons (Fsp3) is 0.500. The van der Waals surface area contributed by atoms with Gasteiger partial charge in [-0.2, -0.15) is 11.8 Å². The van der Waals surface area contributed by atoms with Crippen molar-refractivity contribution >= 4 is 29.2 Å². The first-order valence-corrected chi connectivity index (χ1v) is 7.89. The van der Waals surface area contributed by atoms with E-state index >= 15 is 0 Å². The third-order valence-electron chi connectivity index (χ3n) is 4.21. The number of rotatable bonds is 2. The van der Waals surface area contributed by atoms with Crippen LogP contribution >= 0.6 is 11.8 Å². The molecule has 4 nitrogen and oxygen atoms in total. The summed E-state index contributed by atoms with van der Waals surface area (Å²) in [4.78, 5) is 15.0. The second-order valence-electron chi connectivity index (χ2n) is 5.75. The molecule has 0 aromatic heterocycles. The predicted octanol–water partition coefficient (Wildman–Crippen LogP) is 2.34. The smallest absolute Gasteiger partial charge is 0.414 e. The topological polar surface area (TPSA) is 32.8 Å². The van der Waals surface area contributed by atoms with E-state index < -0.39 is 6.09 Å². The number of ether oxygens (including phenoxy) is 1. The number of carbonyl (C=O) groups excluding carboxylic acids is 1. The molecule has 1 amide bonds. The fourth-order valence-corrected chi connectivity index (χ4v) is 4.20. The Morgan fingerprint density at radius 1 is 1.30 bits per heavy atom. The maximum Gasteiger partial charge on any atom is 0.414 e. The summed E-state index contributed by atoms with van der Waals surface area (Å²) in [5.41, 5.74) is 1.65. The number of halogens is 1. The molecule has 1 aromatic rings. The first-order valence-electron chi connectivity index (χ1n) is 6.74. The van der Waals surface area contributed by atoms with Crippen LogP contribution in [0.4, 0.5) is 20.6 Å². The van der Waals surface area contributed by atoms with Crippen LogP contribution in [0.3, 0.4) is 0 Å². The molecule has 0 unspecified atom stereocenters. The largest absolute Gasteiger partial charge is 0.447 e. The van der Waals surface area contributed by atoms with Crippen molar-refractivity contribution in [2.24, 2.45) is 5.41 Å². The number of carbonyl (C=O) groups is 1.